The molecule has 0 aliphatic carbocycles. The Hall–Kier alpha value is 0. The fourth-order valence-electron chi connectivity index (χ4n) is 2.71. The predicted octanol–water partition coefficient (Wildman–Crippen LogP) is 6.45. The van der Waals surface area contributed by atoms with Gasteiger partial charge in [0.15, 0.2) is 0 Å². The molecule has 0 amide bonds. The maximum atomic E-state index is 2.46. The highest BCUT2D eigenvalue weighted by Gasteiger charge is 2.19. The third-order valence-corrected chi connectivity index (χ3v) is 4.44. The van der Waals surface area contributed by atoms with Crippen LogP contribution in [0.25, 0.3) is 0 Å². The van der Waals surface area contributed by atoms with Gasteiger partial charge in [0.25, 0.3) is 0 Å². The van der Waals surface area contributed by atoms with Gasteiger partial charge >= 0.3 is 0 Å². The van der Waals surface area contributed by atoms with E-state index in [1.165, 1.54) is 51.4 Å². The molecule has 0 N–H and O–H groups in total. The Labute approximate surface area is 111 Å². The molecule has 0 spiro atoms. The predicted molar refractivity (Wildman–Crippen MR) is 80.4 cm³/mol. The highest BCUT2D eigenvalue weighted by atomic mass is 14.3. The molecule has 0 aliphatic heterocycles. The molecule has 0 fully saturated rings. The van der Waals surface area contributed by atoms with Gasteiger partial charge in [-0.2, -0.15) is 0 Å². The molecule has 0 heteroatoms. The van der Waals surface area contributed by atoms with Crippen molar-refractivity contribution in [3.05, 3.63) is 0 Å². The molecule has 104 valence electrons. The first-order valence-electron chi connectivity index (χ1n) is 7.93. The van der Waals surface area contributed by atoms with Gasteiger partial charge in [0.05, 0.1) is 0 Å². The van der Waals surface area contributed by atoms with Crippen LogP contribution in [0, 0.1) is 17.3 Å². The summed E-state index contributed by atoms with van der Waals surface area (Å²) in [6.45, 7) is 14.4. The van der Waals surface area contributed by atoms with Gasteiger partial charge in [-0.3, -0.25) is 0 Å². The molecule has 0 bridgehead atoms. The molecular weight excluding hydrogens is 204 g/mol. The SMILES string of the molecule is CCCCCC(C)C(C)CCC(C)(C)CCC. The Balaban J connectivity index is 3.79. The molecule has 0 saturated heterocycles. The minimum absolute atomic E-state index is 0.562. The summed E-state index contributed by atoms with van der Waals surface area (Å²) in [6.07, 6.45) is 11.2. The van der Waals surface area contributed by atoms with E-state index >= 15 is 0 Å². The molecular formula is C17H36. The first kappa shape index (κ1) is 17.0. The van der Waals surface area contributed by atoms with E-state index in [0.29, 0.717) is 5.41 Å². The lowest BCUT2D eigenvalue weighted by Crippen LogP contribution is -2.15. The molecule has 0 aromatic rings. The first-order valence-corrected chi connectivity index (χ1v) is 7.93. The lowest BCUT2D eigenvalue weighted by Gasteiger charge is -2.28. The maximum absolute atomic E-state index is 2.46. The monoisotopic (exact) mass is 240 g/mol. The van der Waals surface area contributed by atoms with Gasteiger partial charge in [-0.15, -0.1) is 0 Å². The molecule has 0 aromatic heterocycles. The minimum atomic E-state index is 0.562. The average molecular weight is 240 g/mol. The Morgan fingerprint density at radius 3 is 1.88 bits per heavy atom. The Morgan fingerprint density at radius 2 is 1.35 bits per heavy atom. The third-order valence-electron chi connectivity index (χ3n) is 4.44. The maximum Gasteiger partial charge on any atom is -0.0354 e. The molecule has 0 saturated carbocycles. The van der Waals surface area contributed by atoms with Crippen LogP contribution in [0.1, 0.15) is 92.9 Å². The molecule has 17 heavy (non-hydrogen) atoms. The number of hydrogen-bond donors (Lipinski definition) is 0. The van der Waals surface area contributed by atoms with Crippen molar-refractivity contribution in [3.8, 4) is 0 Å². The highest BCUT2D eigenvalue weighted by Crippen LogP contribution is 2.32. The topological polar surface area (TPSA) is 0 Å². The number of rotatable bonds is 10. The summed E-state index contributed by atoms with van der Waals surface area (Å²) in [6, 6.07) is 0. The largest absolute Gasteiger partial charge is 0.0654 e. The zero-order valence-corrected chi connectivity index (χ0v) is 13.3. The van der Waals surface area contributed by atoms with Gasteiger partial charge in [0.1, 0.15) is 0 Å². The van der Waals surface area contributed by atoms with Crippen molar-refractivity contribution in [1.82, 2.24) is 0 Å². The van der Waals surface area contributed by atoms with Crippen molar-refractivity contribution < 1.29 is 0 Å². The summed E-state index contributed by atoms with van der Waals surface area (Å²) >= 11 is 0. The fraction of sp³-hybridized carbons (Fsp3) is 1.00. The molecule has 0 nitrogen and oxygen atoms in total. The molecule has 0 aromatic carbocycles. The second kappa shape index (κ2) is 9.00. The number of unbranched alkanes of at least 4 members (excludes halogenated alkanes) is 2. The second-order valence-corrected chi connectivity index (χ2v) is 6.90. The molecule has 0 aliphatic rings. The Bertz CT molecular complexity index is 169. The molecule has 0 heterocycles. The summed E-state index contributed by atoms with van der Waals surface area (Å²) in [5, 5.41) is 0. The van der Waals surface area contributed by atoms with Crippen LogP contribution in [-0.2, 0) is 0 Å². The quantitative estimate of drug-likeness (QED) is 0.385. The van der Waals surface area contributed by atoms with E-state index in [-0.39, 0.29) is 0 Å². The Morgan fingerprint density at radius 1 is 0.765 bits per heavy atom. The molecule has 2 unspecified atom stereocenters. The summed E-state index contributed by atoms with van der Waals surface area (Å²) in [5.41, 5.74) is 0.562. The van der Waals surface area contributed by atoms with Crippen LogP contribution in [0.15, 0.2) is 0 Å². The molecule has 0 rings (SSSR count). The van der Waals surface area contributed by atoms with Gasteiger partial charge in [-0.25, -0.2) is 0 Å². The summed E-state index contributed by atoms with van der Waals surface area (Å²) < 4.78 is 0. The summed E-state index contributed by atoms with van der Waals surface area (Å²) in [4.78, 5) is 0. The van der Waals surface area contributed by atoms with Gasteiger partial charge in [-0.05, 0) is 36.5 Å². The first-order chi connectivity index (χ1) is 7.93. The van der Waals surface area contributed by atoms with Gasteiger partial charge in [0, 0.05) is 0 Å². The van der Waals surface area contributed by atoms with Gasteiger partial charge in [0.2, 0.25) is 0 Å². The average Bonchev–Trinajstić information content (AvgIpc) is 2.26. The van der Waals surface area contributed by atoms with Crippen molar-refractivity contribution in [2.45, 2.75) is 92.9 Å². The summed E-state index contributed by atoms with van der Waals surface area (Å²) in [7, 11) is 0. The van der Waals surface area contributed by atoms with E-state index in [1.54, 1.807) is 0 Å². The zero-order chi connectivity index (χ0) is 13.3. The molecule has 2 atom stereocenters. The minimum Gasteiger partial charge on any atom is -0.0654 e. The third kappa shape index (κ3) is 8.69. The van der Waals surface area contributed by atoms with Crippen LogP contribution in [-0.4, -0.2) is 0 Å². The van der Waals surface area contributed by atoms with E-state index in [4.69, 9.17) is 0 Å². The van der Waals surface area contributed by atoms with E-state index in [9.17, 15) is 0 Å². The lowest BCUT2D eigenvalue weighted by atomic mass is 9.78. The van der Waals surface area contributed by atoms with Crippen LogP contribution in [0.3, 0.4) is 0 Å². The summed E-state index contributed by atoms with van der Waals surface area (Å²) in [5.74, 6) is 1.82. The number of hydrogen-bond acceptors (Lipinski definition) is 0. The van der Waals surface area contributed by atoms with Crippen molar-refractivity contribution in [3.63, 3.8) is 0 Å². The van der Waals surface area contributed by atoms with Crippen molar-refractivity contribution >= 4 is 0 Å². The lowest BCUT2D eigenvalue weighted by molar-refractivity contribution is 0.241. The van der Waals surface area contributed by atoms with Crippen LogP contribution in [0.5, 0.6) is 0 Å². The van der Waals surface area contributed by atoms with E-state index in [0.717, 1.165) is 11.8 Å². The standard InChI is InChI=1S/C17H36/c1-7-9-10-11-15(3)16(4)12-14-17(5,6)13-8-2/h15-16H,7-14H2,1-6H3. The van der Waals surface area contributed by atoms with Crippen molar-refractivity contribution in [1.29, 1.82) is 0 Å². The molecule has 0 radical (unpaired) electrons. The van der Waals surface area contributed by atoms with Crippen LogP contribution >= 0.6 is 0 Å². The Kier molecular flexibility index (Phi) is 9.00. The van der Waals surface area contributed by atoms with Gasteiger partial charge in [-0.1, -0.05) is 73.6 Å². The smallest absolute Gasteiger partial charge is 0.0354 e. The van der Waals surface area contributed by atoms with E-state index < -0.39 is 0 Å². The normalized spacial score (nSPS) is 15.9. The fourth-order valence-corrected chi connectivity index (χ4v) is 2.71. The van der Waals surface area contributed by atoms with Crippen molar-refractivity contribution in [2.24, 2.45) is 17.3 Å². The van der Waals surface area contributed by atoms with Crippen LogP contribution in [0.2, 0.25) is 0 Å². The second-order valence-electron chi connectivity index (χ2n) is 6.90. The van der Waals surface area contributed by atoms with E-state index in [1.807, 2.05) is 0 Å². The van der Waals surface area contributed by atoms with E-state index in [2.05, 4.69) is 41.5 Å². The van der Waals surface area contributed by atoms with Crippen molar-refractivity contribution in [2.75, 3.05) is 0 Å². The van der Waals surface area contributed by atoms with Gasteiger partial charge < -0.3 is 0 Å². The van der Waals surface area contributed by atoms with Crippen LogP contribution < -0.4 is 0 Å². The van der Waals surface area contributed by atoms with Crippen LogP contribution in [0.4, 0.5) is 0 Å². The zero-order valence-electron chi connectivity index (χ0n) is 13.3. The highest BCUT2D eigenvalue weighted by molar-refractivity contribution is 4.71.